The first-order valence-corrected chi connectivity index (χ1v) is 9.23. The van der Waals surface area contributed by atoms with Crippen LogP contribution in [0.3, 0.4) is 0 Å². The maximum Gasteiger partial charge on any atom is 0.573 e. The molecule has 1 heterocycles. The number of thiophene rings is 1. The van der Waals surface area contributed by atoms with Crippen LogP contribution in [0, 0.1) is 23.7 Å². The van der Waals surface area contributed by atoms with Gasteiger partial charge in [-0.1, -0.05) is 23.7 Å². The highest BCUT2D eigenvalue weighted by molar-refractivity contribution is 7.13. The fourth-order valence-electron chi connectivity index (χ4n) is 2.22. The molecule has 3 aromatic rings. The third-order valence-corrected chi connectivity index (χ3v) is 4.36. The van der Waals surface area contributed by atoms with Crippen molar-refractivity contribution in [1.82, 2.24) is 0 Å². The molecule has 0 unspecified atom stereocenters. The van der Waals surface area contributed by atoms with Gasteiger partial charge in [0.05, 0.1) is 9.75 Å². The minimum atomic E-state index is -4.75. The van der Waals surface area contributed by atoms with Crippen LogP contribution in [-0.2, 0) is 0 Å². The summed E-state index contributed by atoms with van der Waals surface area (Å²) in [5.41, 5.74) is 1.02. The molecular weight excluding hydrogens is 442 g/mol. The zero-order valence-corrected chi connectivity index (χ0v) is 16.1. The van der Waals surface area contributed by atoms with Gasteiger partial charge in [0, 0.05) is 11.1 Å². The lowest BCUT2D eigenvalue weighted by atomic mass is 10.2. The molecule has 0 aliphatic heterocycles. The summed E-state index contributed by atoms with van der Waals surface area (Å²) in [5, 5.41) is 0. The molecule has 0 amide bonds. The largest absolute Gasteiger partial charge is 0.573 e. The summed E-state index contributed by atoms with van der Waals surface area (Å²) < 4.78 is 80.5. The molecule has 31 heavy (non-hydrogen) atoms. The van der Waals surface area contributed by atoms with E-state index in [0.717, 1.165) is 0 Å². The van der Waals surface area contributed by atoms with Crippen molar-refractivity contribution in [3.63, 3.8) is 0 Å². The van der Waals surface area contributed by atoms with Crippen molar-refractivity contribution in [2.24, 2.45) is 0 Å². The van der Waals surface area contributed by atoms with E-state index < -0.39 is 12.7 Å². The molecule has 0 bridgehead atoms. The third kappa shape index (κ3) is 7.65. The van der Waals surface area contributed by atoms with Crippen LogP contribution in [0.1, 0.15) is 20.9 Å². The second kappa shape index (κ2) is 9.07. The van der Waals surface area contributed by atoms with Gasteiger partial charge < -0.3 is 9.47 Å². The van der Waals surface area contributed by atoms with Gasteiger partial charge in [0.2, 0.25) is 0 Å². The molecule has 0 saturated heterocycles. The van der Waals surface area contributed by atoms with Crippen LogP contribution in [0.15, 0.2) is 60.7 Å². The number of rotatable bonds is 2. The molecule has 0 N–H and O–H groups in total. The van der Waals surface area contributed by atoms with E-state index in [1.165, 1.54) is 59.9 Å². The van der Waals surface area contributed by atoms with Crippen LogP contribution >= 0.6 is 11.3 Å². The summed E-state index contributed by atoms with van der Waals surface area (Å²) >= 11 is 1.30. The highest BCUT2D eigenvalue weighted by Crippen LogP contribution is 2.24. The lowest BCUT2D eigenvalue weighted by molar-refractivity contribution is -0.275. The van der Waals surface area contributed by atoms with Gasteiger partial charge in [-0.15, -0.1) is 37.7 Å². The van der Waals surface area contributed by atoms with Gasteiger partial charge in [0.15, 0.2) is 0 Å². The van der Waals surface area contributed by atoms with Crippen molar-refractivity contribution in [2.75, 3.05) is 0 Å². The number of ether oxygens (including phenoxy) is 2. The normalized spacial score (nSPS) is 11.0. The minimum absolute atomic E-state index is 0.329. The summed E-state index contributed by atoms with van der Waals surface area (Å²) in [7, 11) is 0. The molecule has 0 aliphatic carbocycles. The molecule has 2 nitrogen and oxygen atoms in total. The van der Waals surface area contributed by atoms with Gasteiger partial charge >= 0.3 is 12.7 Å². The molecule has 0 atom stereocenters. The predicted molar refractivity (Wildman–Crippen MR) is 103 cm³/mol. The molecule has 0 radical (unpaired) electrons. The fourth-order valence-corrected chi connectivity index (χ4v) is 2.93. The Morgan fingerprint density at radius 2 is 0.871 bits per heavy atom. The maximum absolute atomic E-state index is 12.2. The Morgan fingerprint density at radius 1 is 0.516 bits per heavy atom. The lowest BCUT2D eigenvalue weighted by Gasteiger charge is -2.07. The van der Waals surface area contributed by atoms with E-state index >= 15 is 0 Å². The number of hydrogen-bond donors (Lipinski definition) is 0. The number of benzene rings is 2. The van der Waals surface area contributed by atoms with E-state index in [1.807, 2.05) is 0 Å². The molecule has 2 aromatic carbocycles. The Labute approximate surface area is 177 Å². The van der Waals surface area contributed by atoms with Crippen LogP contribution in [0.5, 0.6) is 11.5 Å². The molecule has 0 aliphatic rings. The number of halogens is 6. The zero-order chi connectivity index (χ0) is 22.5. The highest BCUT2D eigenvalue weighted by Gasteiger charge is 2.31. The van der Waals surface area contributed by atoms with Gasteiger partial charge in [-0.3, -0.25) is 0 Å². The van der Waals surface area contributed by atoms with Crippen molar-refractivity contribution >= 4 is 11.3 Å². The van der Waals surface area contributed by atoms with E-state index in [1.54, 1.807) is 12.1 Å². The Balaban J connectivity index is 1.63. The summed E-state index contributed by atoms with van der Waals surface area (Å²) in [6.07, 6.45) is -9.50. The summed E-state index contributed by atoms with van der Waals surface area (Å²) in [4.78, 5) is 1.38. The molecule has 1 aromatic heterocycles. The molecule has 0 spiro atoms. The lowest BCUT2D eigenvalue weighted by Crippen LogP contribution is -2.16. The smallest absolute Gasteiger partial charge is 0.406 e. The average molecular weight is 452 g/mol. The van der Waals surface area contributed by atoms with Crippen LogP contribution in [0.2, 0.25) is 0 Å². The molecule has 9 heteroatoms. The van der Waals surface area contributed by atoms with Gasteiger partial charge in [-0.05, 0) is 60.7 Å². The number of hydrogen-bond acceptors (Lipinski definition) is 3. The van der Waals surface area contributed by atoms with E-state index in [9.17, 15) is 26.3 Å². The van der Waals surface area contributed by atoms with Crippen molar-refractivity contribution < 1.29 is 35.8 Å². The van der Waals surface area contributed by atoms with Crippen LogP contribution < -0.4 is 9.47 Å². The van der Waals surface area contributed by atoms with E-state index in [2.05, 4.69) is 33.2 Å². The quantitative estimate of drug-likeness (QED) is 0.334. The molecular formula is C22H10F6O2S. The highest BCUT2D eigenvalue weighted by atomic mass is 32.1. The SMILES string of the molecule is FC(F)(F)Oc1ccc(C#Cc2ccc(C#Cc3ccc(OC(F)(F)F)cc3)s2)cc1. The topological polar surface area (TPSA) is 18.5 Å². The standard InChI is InChI=1S/C22H10F6O2S/c23-21(24,25)29-17-7-1-15(2-8-17)5-11-19-13-14-20(31-19)12-6-16-3-9-18(10-4-16)30-22(26,27)28/h1-4,7-10,13-14H. The molecule has 0 saturated carbocycles. The first-order valence-electron chi connectivity index (χ1n) is 8.41. The third-order valence-electron chi connectivity index (χ3n) is 3.44. The van der Waals surface area contributed by atoms with Crippen LogP contribution in [-0.4, -0.2) is 12.7 Å². The monoisotopic (exact) mass is 452 g/mol. The molecule has 0 fully saturated rings. The zero-order valence-electron chi connectivity index (χ0n) is 15.3. The Kier molecular flexibility index (Phi) is 6.47. The summed E-state index contributed by atoms with van der Waals surface area (Å²) in [6, 6.07) is 13.8. The molecule has 158 valence electrons. The Hall–Kier alpha value is -3.56. The average Bonchev–Trinajstić information content (AvgIpc) is 3.12. The first kappa shape index (κ1) is 22.1. The summed E-state index contributed by atoms with van der Waals surface area (Å²) in [5.74, 6) is 10.8. The van der Waals surface area contributed by atoms with Crippen molar-refractivity contribution in [1.29, 1.82) is 0 Å². The second-order valence-corrected chi connectivity index (χ2v) is 6.89. The van der Waals surface area contributed by atoms with Gasteiger partial charge in [0.25, 0.3) is 0 Å². The van der Waals surface area contributed by atoms with Crippen molar-refractivity contribution in [2.45, 2.75) is 12.7 Å². The van der Waals surface area contributed by atoms with Crippen molar-refractivity contribution in [3.05, 3.63) is 81.5 Å². The Morgan fingerprint density at radius 3 is 1.19 bits per heavy atom. The van der Waals surface area contributed by atoms with Crippen LogP contribution in [0.4, 0.5) is 26.3 Å². The number of alkyl halides is 6. The van der Waals surface area contributed by atoms with Crippen molar-refractivity contribution in [3.8, 4) is 35.2 Å². The Bertz CT molecular complexity index is 1060. The van der Waals surface area contributed by atoms with E-state index in [-0.39, 0.29) is 11.5 Å². The predicted octanol–water partition coefficient (Wildman–Crippen LogP) is 6.34. The van der Waals surface area contributed by atoms with Gasteiger partial charge in [-0.25, -0.2) is 0 Å². The molecule has 3 rings (SSSR count). The van der Waals surface area contributed by atoms with Gasteiger partial charge in [-0.2, -0.15) is 0 Å². The van der Waals surface area contributed by atoms with E-state index in [0.29, 0.717) is 20.9 Å². The first-order chi connectivity index (χ1) is 14.6. The maximum atomic E-state index is 12.2. The minimum Gasteiger partial charge on any atom is -0.406 e. The van der Waals surface area contributed by atoms with Gasteiger partial charge in [0.1, 0.15) is 11.5 Å². The second-order valence-electron chi connectivity index (χ2n) is 5.81. The fraction of sp³-hybridized carbons (Fsp3) is 0.0909. The van der Waals surface area contributed by atoms with E-state index in [4.69, 9.17) is 0 Å². The summed E-state index contributed by atoms with van der Waals surface area (Å²) in [6.45, 7) is 0. The van der Waals surface area contributed by atoms with Crippen LogP contribution in [0.25, 0.3) is 0 Å².